The molecule has 0 atom stereocenters. The van der Waals surface area contributed by atoms with E-state index >= 15 is 0 Å². The Morgan fingerprint density at radius 1 is 1.03 bits per heavy atom. The van der Waals surface area contributed by atoms with Gasteiger partial charge >= 0.3 is 5.82 Å². The van der Waals surface area contributed by atoms with Gasteiger partial charge in [-0.15, -0.1) is 0 Å². The Balaban J connectivity index is 1.67. The number of carbonyl (C=O) groups excluding carboxylic acids is 1. The van der Waals surface area contributed by atoms with Gasteiger partial charge in [0.05, 0.1) is 16.6 Å². The average Bonchev–Trinajstić information content (AvgIpc) is 3.49. The fourth-order valence-corrected chi connectivity index (χ4v) is 4.55. The van der Waals surface area contributed by atoms with E-state index in [1.165, 1.54) is 11.1 Å². The van der Waals surface area contributed by atoms with Crippen LogP contribution in [0.1, 0.15) is 37.7 Å². The number of alkyl halides is 2. The van der Waals surface area contributed by atoms with Crippen molar-refractivity contribution in [2.24, 2.45) is 0 Å². The summed E-state index contributed by atoms with van der Waals surface area (Å²) in [5.41, 5.74) is 1.70. The molecule has 0 spiro atoms. The Labute approximate surface area is 232 Å². The number of rotatable bonds is 10. The minimum Gasteiger partial charge on any atom is -0.396 e. The van der Waals surface area contributed by atoms with Gasteiger partial charge in [-0.2, -0.15) is 0 Å². The largest absolute Gasteiger partial charge is 0.519 e. The maximum Gasteiger partial charge on any atom is 0.519 e. The molecule has 12 heteroatoms. The van der Waals surface area contributed by atoms with E-state index in [1.807, 2.05) is 0 Å². The number of carbonyl (C=O) groups is 1. The smallest absolute Gasteiger partial charge is 0.396 e. The quantitative estimate of drug-likeness (QED) is 0.142. The van der Waals surface area contributed by atoms with Crippen molar-refractivity contribution >= 4 is 58.0 Å². The van der Waals surface area contributed by atoms with Crippen molar-refractivity contribution in [3.63, 3.8) is 0 Å². The van der Waals surface area contributed by atoms with Crippen LogP contribution in [0.3, 0.4) is 0 Å². The number of halogens is 4. The maximum atomic E-state index is 13.0. The second-order valence-electron chi connectivity index (χ2n) is 8.06. The minimum atomic E-state index is -1.36. The highest BCUT2D eigenvalue weighted by atomic mass is 35.5. The van der Waals surface area contributed by atoms with Gasteiger partial charge in [0.25, 0.3) is 5.91 Å². The van der Waals surface area contributed by atoms with Crippen molar-refractivity contribution in [1.29, 1.82) is 0 Å². The first kappa shape index (κ1) is 27.3. The van der Waals surface area contributed by atoms with E-state index in [0.29, 0.717) is 50.6 Å². The van der Waals surface area contributed by atoms with Crippen LogP contribution in [-0.2, 0) is 17.8 Å². The third kappa shape index (κ3) is 6.38. The molecule has 3 aromatic heterocycles. The molecule has 0 fully saturated rings. The van der Waals surface area contributed by atoms with Crippen LogP contribution in [0, 0.1) is 0 Å². The van der Waals surface area contributed by atoms with Gasteiger partial charge in [0.15, 0.2) is 22.1 Å². The molecule has 3 heterocycles. The molecule has 4 rings (SSSR count). The summed E-state index contributed by atoms with van der Waals surface area (Å²) in [6, 6.07) is 9.94. The Morgan fingerprint density at radius 3 is 2.46 bits per heavy atom. The highest BCUT2D eigenvalue weighted by Gasteiger charge is 2.27. The number of benzene rings is 1. The van der Waals surface area contributed by atoms with Crippen molar-refractivity contribution in [2.45, 2.75) is 44.0 Å². The van der Waals surface area contributed by atoms with Gasteiger partial charge in [0.1, 0.15) is 11.4 Å². The number of amides is 1. The number of anilines is 1. The van der Waals surface area contributed by atoms with Crippen molar-refractivity contribution in [3.8, 4) is 22.7 Å². The zero-order valence-electron chi connectivity index (χ0n) is 19.5. The zero-order chi connectivity index (χ0) is 26.5. The number of aryl methyl sites for hydroxylation is 1. The summed E-state index contributed by atoms with van der Waals surface area (Å²) in [6.45, 7) is 1.94. The molecule has 8 nitrogen and oxygen atoms in total. The summed E-state index contributed by atoms with van der Waals surface area (Å²) < 4.78 is 16.0. The predicted molar refractivity (Wildman–Crippen MR) is 142 cm³/mol. The SMILES string of the molecule is CCCCCc1oc(=O)oc1CN(C(=O)C(Cl)Cl)c1ccnc(-c2cc(-c3c(Cl)cccc3Cl)no2)c1. The Kier molecular flexibility index (Phi) is 8.97. The molecule has 194 valence electrons. The summed E-state index contributed by atoms with van der Waals surface area (Å²) >= 11 is 24.5. The molecular weight excluding hydrogens is 564 g/mol. The Hall–Kier alpha value is -2.78. The molecule has 0 bridgehead atoms. The third-order valence-electron chi connectivity index (χ3n) is 5.52. The fraction of sp³-hybridized carbons (Fsp3) is 0.280. The summed E-state index contributed by atoms with van der Waals surface area (Å²) in [6.07, 6.45) is 4.73. The van der Waals surface area contributed by atoms with Crippen molar-refractivity contribution in [2.75, 3.05) is 4.90 Å². The molecule has 4 aromatic rings. The summed E-state index contributed by atoms with van der Waals surface area (Å²) in [5.74, 6) is -0.557. The van der Waals surface area contributed by atoms with Crippen LogP contribution in [0.25, 0.3) is 22.7 Å². The lowest BCUT2D eigenvalue weighted by Gasteiger charge is -2.22. The van der Waals surface area contributed by atoms with E-state index in [1.54, 1.807) is 36.4 Å². The molecule has 0 radical (unpaired) electrons. The lowest BCUT2D eigenvalue weighted by atomic mass is 10.1. The maximum absolute atomic E-state index is 13.0. The van der Waals surface area contributed by atoms with Gasteiger partial charge in [-0.25, -0.2) is 4.79 Å². The molecule has 1 aromatic carbocycles. The average molecular weight is 585 g/mol. The topological polar surface area (TPSA) is 103 Å². The summed E-state index contributed by atoms with van der Waals surface area (Å²) in [7, 11) is 0. The van der Waals surface area contributed by atoms with Crippen LogP contribution < -0.4 is 10.7 Å². The first-order valence-corrected chi connectivity index (χ1v) is 13.0. The van der Waals surface area contributed by atoms with Gasteiger partial charge < -0.3 is 18.3 Å². The Morgan fingerprint density at radius 2 is 1.76 bits per heavy atom. The number of hydrogen-bond donors (Lipinski definition) is 0. The van der Waals surface area contributed by atoms with Gasteiger partial charge in [-0.1, -0.05) is 77.4 Å². The van der Waals surface area contributed by atoms with Crippen LogP contribution >= 0.6 is 46.4 Å². The highest BCUT2D eigenvalue weighted by molar-refractivity contribution is 6.54. The van der Waals surface area contributed by atoms with Gasteiger partial charge in [-0.05, 0) is 30.7 Å². The molecule has 0 saturated carbocycles. The van der Waals surface area contributed by atoms with Gasteiger partial charge in [0, 0.05) is 29.9 Å². The predicted octanol–water partition coefficient (Wildman–Crippen LogP) is 7.33. The van der Waals surface area contributed by atoms with Crippen molar-refractivity contribution in [1.82, 2.24) is 10.1 Å². The molecule has 1 amide bonds. The number of unbranched alkanes of at least 4 members (excludes halogenated alkanes) is 2. The summed E-state index contributed by atoms with van der Waals surface area (Å²) in [4.78, 5) is 29.1. The number of hydrogen-bond acceptors (Lipinski definition) is 7. The van der Waals surface area contributed by atoms with Crippen molar-refractivity contribution < 1.29 is 18.2 Å². The fourth-order valence-electron chi connectivity index (χ4n) is 3.72. The van der Waals surface area contributed by atoms with Gasteiger partial charge in [-0.3, -0.25) is 9.78 Å². The first-order valence-electron chi connectivity index (χ1n) is 11.4. The Bertz CT molecular complexity index is 1430. The molecular formula is C25H21Cl4N3O5. The third-order valence-corrected chi connectivity index (χ3v) is 6.53. The number of aromatic nitrogens is 2. The highest BCUT2D eigenvalue weighted by Crippen LogP contribution is 2.36. The molecule has 0 unspecified atom stereocenters. The molecule has 0 aliphatic heterocycles. The van der Waals surface area contributed by atoms with E-state index in [-0.39, 0.29) is 12.3 Å². The van der Waals surface area contributed by atoms with Crippen LogP contribution in [-0.4, -0.2) is 20.9 Å². The monoisotopic (exact) mass is 583 g/mol. The van der Waals surface area contributed by atoms with E-state index in [0.717, 1.165) is 19.3 Å². The van der Waals surface area contributed by atoms with Gasteiger partial charge in [0.2, 0.25) is 0 Å². The first-order chi connectivity index (χ1) is 17.8. The molecule has 0 aliphatic rings. The summed E-state index contributed by atoms with van der Waals surface area (Å²) in [5, 5.41) is 4.90. The lowest BCUT2D eigenvalue weighted by Crippen LogP contribution is -2.34. The van der Waals surface area contributed by atoms with E-state index < -0.39 is 16.6 Å². The van der Waals surface area contributed by atoms with Crippen LogP contribution in [0.15, 0.2) is 60.7 Å². The van der Waals surface area contributed by atoms with Crippen LogP contribution in [0.5, 0.6) is 0 Å². The van der Waals surface area contributed by atoms with Crippen molar-refractivity contribution in [3.05, 3.63) is 74.8 Å². The van der Waals surface area contributed by atoms with E-state index in [2.05, 4.69) is 17.1 Å². The van der Waals surface area contributed by atoms with Crippen LogP contribution in [0.2, 0.25) is 10.0 Å². The second-order valence-corrected chi connectivity index (χ2v) is 9.97. The lowest BCUT2D eigenvalue weighted by molar-refractivity contribution is -0.117. The molecule has 0 N–H and O–H groups in total. The number of pyridine rings is 1. The number of nitrogens with zero attached hydrogens (tertiary/aromatic N) is 3. The molecule has 37 heavy (non-hydrogen) atoms. The minimum absolute atomic E-state index is 0.123. The standard InChI is InChI=1S/C25H21Cl4N3O5/c1-2-3-4-8-19-21(36-25(34)35-19)13-32(24(33)23(28)29)14-9-10-30-17(11-14)20-12-18(31-37-20)22-15(26)6-5-7-16(22)27/h5-7,9-12,23H,2-4,8,13H2,1H3. The van der Waals surface area contributed by atoms with E-state index in [4.69, 9.17) is 59.8 Å². The zero-order valence-corrected chi connectivity index (χ0v) is 22.6. The molecule has 0 saturated heterocycles. The molecule has 0 aliphatic carbocycles. The van der Waals surface area contributed by atoms with Crippen LogP contribution in [0.4, 0.5) is 5.69 Å². The van der Waals surface area contributed by atoms with E-state index in [9.17, 15) is 9.59 Å². The normalized spacial score (nSPS) is 11.3. The second kappa shape index (κ2) is 12.2.